The van der Waals surface area contributed by atoms with Gasteiger partial charge in [-0.05, 0) is 25.0 Å². The predicted molar refractivity (Wildman–Crippen MR) is 81.1 cm³/mol. The van der Waals surface area contributed by atoms with E-state index in [0.29, 0.717) is 12.0 Å². The molecule has 2 aromatic rings. The van der Waals surface area contributed by atoms with Crippen molar-refractivity contribution in [2.45, 2.75) is 25.4 Å². The standard InChI is InChI=1S/C17H19FN2O/c1-12(14-9-5-6-10-15(14)18)20-17(21)16(19)11-13-7-3-2-4-8-13/h2-10,12,16H,11,19H2,1H3,(H,20,21)/t12?,16-/m0/s1. The number of hydrogen-bond donors (Lipinski definition) is 2. The Kier molecular flexibility index (Phi) is 5.06. The first-order valence-corrected chi connectivity index (χ1v) is 6.92. The van der Waals surface area contributed by atoms with Crippen molar-refractivity contribution in [2.75, 3.05) is 0 Å². The summed E-state index contributed by atoms with van der Waals surface area (Å²) in [6.45, 7) is 1.74. The summed E-state index contributed by atoms with van der Waals surface area (Å²) >= 11 is 0. The highest BCUT2D eigenvalue weighted by Crippen LogP contribution is 2.16. The van der Waals surface area contributed by atoms with Crippen LogP contribution >= 0.6 is 0 Å². The van der Waals surface area contributed by atoms with Crippen LogP contribution in [0.25, 0.3) is 0 Å². The topological polar surface area (TPSA) is 55.1 Å². The highest BCUT2D eigenvalue weighted by molar-refractivity contribution is 5.82. The maximum absolute atomic E-state index is 13.7. The van der Waals surface area contributed by atoms with Crippen LogP contribution < -0.4 is 11.1 Å². The maximum atomic E-state index is 13.7. The second-order valence-corrected chi connectivity index (χ2v) is 5.05. The van der Waals surface area contributed by atoms with Crippen LogP contribution in [0.1, 0.15) is 24.1 Å². The zero-order valence-electron chi connectivity index (χ0n) is 11.9. The van der Waals surface area contributed by atoms with Crippen molar-refractivity contribution in [2.24, 2.45) is 5.73 Å². The van der Waals surface area contributed by atoms with E-state index < -0.39 is 12.1 Å². The smallest absolute Gasteiger partial charge is 0.237 e. The second kappa shape index (κ2) is 6.99. The Morgan fingerprint density at radius 1 is 1.14 bits per heavy atom. The van der Waals surface area contributed by atoms with Gasteiger partial charge in [0.1, 0.15) is 5.82 Å². The van der Waals surface area contributed by atoms with Crippen molar-refractivity contribution >= 4 is 5.91 Å². The first-order chi connectivity index (χ1) is 10.1. The lowest BCUT2D eigenvalue weighted by Gasteiger charge is -2.18. The molecule has 1 unspecified atom stereocenters. The van der Waals surface area contributed by atoms with Crippen LogP contribution in [-0.2, 0) is 11.2 Å². The second-order valence-electron chi connectivity index (χ2n) is 5.05. The molecule has 4 heteroatoms. The number of hydrogen-bond acceptors (Lipinski definition) is 2. The van der Waals surface area contributed by atoms with Gasteiger partial charge in [0.25, 0.3) is 0 Å². The third kappa shape index (κ3) is 4.13. The average Bonchev–Trinajstić information content (AvgIpc) is 2.48. The molecule has 0 aromatic heterocycles. The first kappa shape index (κ1) is 15.2. The SMILES string of the molecule is CC(NC(=O)[C@@H](N)Cc1ccccc1)c1ccccc1F. The number of benzene rings is 2. The van der Waals surface area contributed by atoms with E-state index >= 15 is 0 Å². The molecule has 3 N–H and O–H groups in total. The normalized spacial score (nSPS) is 13.5. The van der Waals surface area contributed by atoms with Crippen molar-refractivity contribution < 1.29 is 9.18 Å². The minimum atomic E-state index is -0.651. The molecule has 110 valence electrons. The van der Waals surface area contributed by atoms with Gasteiger partial charge in [-0.2, -0.15) is 0 Å². The molecular weight excluding hydrogens is 267 g/mol. The molecule has 0 radical (unpaired) electrons. The van der Waals surface area contributed by atoms with Crippen LogP contribution in [0.4, 0.5) is 4.39 Å². The summed E-state index contributed by atoms with van der Waals surface area (Å²) in [7, 11) is 0. The minimum absolute atomic E-state index is 0.283. The summed E-state index contributed by atoms with van der Waals surface area (Å²) < 4.78 is 13.7. The molecule has 2 aromatic carbocycles. The molecule has 0 saturated carbocycles. The summed E-state index contributed by atoms with van der Waals surface area (Å²) in [5.74, 6) is -0.614. The number of carbonyl (C=O) groups is 1. The molecule has 21 heavy (non-hydrogen) atoms. The average molecular weight is 286 g/mol. The van der Waals surface area contributed by atoms with Gasteiger partial charge < -0.3 is 11.1 Å². The monoisotopic (exact) mass is 286 g/mol. The predicted octanol–water partition coefficient (Wildman–Crippen LogP) is 2.57. The van der Waals surface area contributed by atoms with Gasteiger partial charge in [0.2, 0.25) is 5.91 Å². The number of halogens is 1. The van der Waals surface area contributed by atoms with Gasteiger partial charge in [0, 0.05) is 5.56 Å². The molecule has 2 rings (SSSR count). The summed E-state index contributed by atoms with van der Waals surface area (Å²) in [4.78, 5) is 12.1. The van der Waals surface area contributed by atoms with Crippen LogP contribution in [0.5, 0.6) is 0 Å². The Morgan fingerprint density at radius 2 is 1.76 bits per heavy atom. The molecule has 0 spiro atoms. The molecule has 0 aliphatic heterocycles. The van der Waals surface area contributed by atoms with Gasteiger partial charge in [0.15, 0.2) is 0 Å². The lowest BCUT2D eigenvalue weighted by molar-refractivity contribution is -0.123. The van der Waals surface area contributed by atoms with E-state index in [4.69, 9.17) is 5.73 Å². The fourth-order valence-corrected chi connectivity index (χ4v) is 2.19. The van der Waals surface area contributed by atoms with Crippen molar-refractivity contribution in [3.63, 3.8) is 0 Å². The molecule has 0 heterocycles. The van der Waals surface area contributed by atoms with Crippen LogP contribution in [0, 0.1) is 5.82 Å². The first-order valence-electron chi connectivity index (χ1n) is 6.92. The van der Waals surface area contributed by atoms with Crippen LogP contribution in [0.3, 0.4) is 0 Å². The molecule has 3 nitrogen and oxygen atoms in total. The van der Waals surface area contributed by atoms with Gasteiger partial charge >= 0.3 is 0 Å². The number of nitrogens with one attached hydrogen (secondary N) is 1. The third-order valence-corrected chi connectivity index (χ3v) is 3.37. The fraction of sp³-hybridized carbons (Fsp3) is 0.235. The number of nitrogens with two attached hydrogens (primary N) is 1. The molecular formula is C17H19FN2O. The van der Waals surface area contributed by atoms with Crippen LogP contribution in [0.15, 0.2) is 54.6 Å². The van der Waals surface area contributed by atoms with E-state index in [2.05, 4.69) is 5.32 Å². The third-order valence-electron chi connectivity index (χ3n) is 3.37. The molecule has 0 saturated heterocycles. The van der Waals surface area contributed by atoms with Crippen LogP contribution in [-0.4, -0.2) is 11.9 Å². The van der Waals surface area contributed by atoms with Crippen molar-refractivity contribution in [1.82, 2.24) is 5.32 Å². The lowest BCUT2D eigenvalue weighted by Crippen LogP contribution is -2.43. The summed E-state index contributed by atoms with van der Waals surface area (Å²) in [6, 6.07) is 14.9. The molecule has 0 fully saturated rings. The van der Waals surface area contributed by atoms with Gasteiger partial charge in [-0.3, -0.25) is 4.79 Å². The van der Waals surface area contributed by atoms with E-state index in [1.165, 1.54) is 6.07 Å². The lowest BCUT2D eigenvalue weighted by atomic mass is 10.0. The fourth-order valence-electron chi connectivity index (χ4n) is 2.19. The largest absolute Gasteiger partial charge is 0.348 e. The Bertz CT molecular complexity index is 601. The molecule has 2 atom stereocenters. The Morgan fingerprint density at radius 3 is 2.43 bits per heavy atom. The summed E-state index contributed by atoms with van der Waals surface area (Å²) in [5, 5.41) is 2.75. The van der Waals surface area contributed by atoms with E-state index in [0.717, 1.165) is 5.56 Å². The number of carbonyl (C=O) groups excluding carboxylic acids is 1. The maximum Gasteiger partial charge on any atom is 0.237 e. The quantitative estimate of drug-likeness (QED) is 0.887. The Labute approximate surface area is 124 Å². The van der Waals surface area contributed by atoms with Crippen molar-refractivity contribution in [1.29, 1.82) is 0 Å². The Balaban J connectivity index is 1.96. The number of rotatable bonds is 5. The van der Waals surface area contributed by atoms with E-state index in [1.54, 1.807) is 25.1 Å². The summed E-state index contributed by atoms with van der Waals surface area (Å²) in [5.41, 5.74) is 7.36. The van der Waals surface area contributed by atoms with Crippen molar-refractivity contribution in [3.05, 3.63) is 71.5 Å². The van der Waals surface area contributed by atoms with Gasteiger partial charge in [0.05, 0.1) is 12.1 Å². The zero-order chi connectivity index (χ0) is 15.2. The van der Waals surface area contributed by atoms with Gasteiger partial charge in [-0.25, -0.2) is 4.39 Å². The van der Waals surface area contributed by atoms with E-state index in [1.807, 2.05) is 30.3 Å². The van der Waals surface area contributed by atoms with Gasteiger partial charge in [-0.1, -0.05) is 48.5 Å². The zero-order valence-corrected chi connectivity index (χ0v) is 11.9. The molecule has 0 bridgehead atoms. The summed E-state index contributed by atoms with van der Waals surface area (Å²) in [6.07, 6.45) is 0.455. The molecule has 0 aliphatic rings. The molecule has 0 aliphatic carbocycles. The Hall–Kier alpha value is -2.20. The van der Waals surface area contributed by atoms with E-state index in [-0.39, 0.29) is 11.7 Å². The molecule has 1 amide bonds. The van der Waals surface area contributed by atoms with Crippen LogP contribution in [0.2, 0.25) is 0 Å². The minimum Gasteiger partial charge on any atom is -0.348 e. The van der Waals surface area contributed by atoms with Crippen molar-refractivity contribution in [3.8, 4) is 0 Å². The highest BCUT2D eigenvalue weighted by atomic mass is 19.1. The number of amides is 1. The highest BCUT2D eigenvalue weighted by Gasteiger charge is 2.18. The van der Waals surface area contributed by atoms with E-state index in [9.17, 15) is 9.18 Å². The van der Waals surface area contributed by atoms with Gasteiger partial charge in [-0.15, -0.1) is 0 Å².